The Morgan fingerprint density at radius 2 is 2.24 bits per heavy atom. The first kappa shape index (κ1) is 11.5. The van der Waals surface area contributed by atoms with Crippen LogP contribution in [0.15, 0.2) is 27.9 Å². The van der Waals surface area contributed by atoms with Gasteiger partial charge in [-0.25, -0.2) is 4.79 Å². The van der Waals surface area contributed by atoms with E-state index in [0.29, 0.717) is 10.3 Å². The number of aromatic amines is 1. The molecule has 8 heteroatoms. The second kappa shape index (κ2) is 4.46. The molecular weight excluding hydrogens is 251 g/mol. The standard InChI is InChI=1S/C9H6ClFN4O2/c10-7-6(11)8(16)15(9(17)13-7)4-5-2-1-3-12-14-5/h1-3H,4H2,(H,13,17). The number of nitrogens with zero attached hydrogens (tertiary/aromatic N) is 3. The second-order valence-corrected chi connectivity index (χ2v) is 3.54. The van der Waals surface area contributed by atoms with Gasteiger partial charge in [-0.2, -0.15) is 14.6 Å². The van der Waals surface area contributed by atoms with Crippen LogP contribution in [0, 0.1) is 5.82 Å². The summed E-state index contributed by atoms with van der Waals surface area (Å²) in [4.78, 5) is 24.9. The first-order valence-electron chi connectivity index (χ1n) is 4.54. The molecule has 0 aliphatic carbocycles. The van der Waals surface area contributed by atoms with Gasteiger partial charge in [-0.3, -0.25) is 14.3 Å². The molecule has 0 amide bonds. The Balaban J connectivity index is 2.51. The number of H-pyrrole nitrogens is 1. The molecule has 6 nitrogen and oxygen atoms in total. The Labute approximate surface area is 98.7 Å². The molecule has 2 heterocycles. The molecule has 0 radical (unpaired) electrons. The molecule has 1 N–H and O–H groups in total. The largest absolute Gasteiger partial charge is 0.330 e. The Hall–Kier alpha value is -2.02. The minimum Gasteiger partial charge on any atom is -0.295 e. The quantitative estimate of drug-likeness (QED) is 0.777. The summed E-state index contributed by atoms with van der Waals surface area (Å²) in [5.41, 5.74) is -1.53. The SMILES string of the molecule is O=c1[nH]c(Cl)c(F)c(=O)n1Cc1cccnn1. The van der Waals surface area contributed by atoms with Crippen molar-refractivity contribution >= 4 is 11.6 Å². The van der Waals surface area contributed by atoms with Crippen LogP contribution in [-0.4, -0.2) is 19.7 Å². The molecule has 0 aromatic carbocycles. The molecule has 2 rings (SSSR count). The summed E-state index contributed by atoms with van der Waals surface area (Å²) in [6.07, 6.45) is 1.44. The molecule has 0 unspecified atom stereocenters. The van der Waals surface area contributed by atoms with Crippen LogP contribution in [0.2, 0.25) is 5.15 Å². The molecule has 0 bridgehead atoms. The van der Waals surface area contributed by atoms with Gasteiger partial charge in [0.05, 0.1) is 12.2 Å². The van der Waals surface area contributed by atoms with Crippen molar-refractivity contribution in [2.45, 2.75) is 6.54 Å². The van der Waals surface area contributed by atoms with Crippen LogP contribution in [0.4, 0.5) is 4.39 Å². The van der Waals surface area contributed by atoms with Gasteiger partial charge < -0.3 is 0 Å². The van der Waals surface area contributed by atoms with Crippen molar-refractivity contribution in [2.75, 3.05) is 0 Å². The van der Waals surface area contributed by atoms with Gasteiger partial charge in [0.15, 0.2) is 5.15 Å². The summed E-state index contributed by atoms with van der Waals surface area (Å²) in [6, 6.07) is 3.15. The third-order valence-electron chi connectivity index (χ3n) is 2.04. The summed E-state index contributed by atoms with van der Waals surface area (Å²) in [6.45, 7) is -0.171. The first-order chi connectivity index (χ1) is 8.09. The smallest absolute Gasteiger partial charge is 0.295 e. The predicted molar refractivity (Wildman–Crippen MR) is 57.4 cm³/mol. The molecule has 0 fully saturated rings. The van der Waals surface area contributed by atoms with Crippen molar-refractivity contribution in [1.82, 2.24) is 19.7 Å². The average molecular weight is 257 g/mol. The first-order valence-corrected chi connectivity index (χ1v) is 4.92. The van der Waals surface area contributed by atoms with E-state index in [2.05, 4.69) is 10.2 Å². The van der Waals surface area contributed by atoms with E-state index in [9.17, 15) is 14.0 Å². The molecule has 88 valence electrons. The van der Waals surface area contributed by atoms with E-state index in [1.807, 2.05) is 4.98 Å². The topological polar surface area (TPSA) is 80.6 Å². The molecule has 0 saturated heterocycles. The van der Waals surface area contributed by atoms with Crippen LogP contribution in [0.1, 0.15) is 5.69 Å². The van der Waals surface area contributed by atoms with Crippen molar-refractivity contribution in [3.05, 3.63) is 55.8 Å². The lowest BCUT2D eigenvalue weighted by molar-refractivity contribution is 0.554. The van der Waals surface area contributed by atoms with Crippen molar-refractivity contribution in [1.29, 1.82) is 0 Å². The summed E-state index contributed by atoms with van der Waals surface area (Å²) in [7, 11) is 0. The molecule has 0 saturated carbocycles. The Bertz CT molecular complexity index is 652. The Morgan fingerprint density at radius 3 is 2.88 bits per heavy atom. The van der Waals surface area contributed by atoms with Crippen LogP contribution in [0.25, 0.3) is 0 Å². The van der Waals surface area contributed by atoms with E-state index in [0.717, 1.165) is 0 Å². The Morgan fingerprint density at radius 1 is 1.47 bits per heavy atom. The number of halogens is 2. The molecule has 2 aromatic heterocycles. The molecule has 0 aliphatic heterocycles. The third-order valence-corrected chi connectivity index (χ3v) is 2.30. The van der Waals surface area contributed by atoms with Gasteiger partial charge in [-0.1, -0.05) is 11.6 Å². The van der Waals surface area contributed by atoms with E-state index in [4.69, 9.17) is 11.6 Å². The molecule has 0 atom stereocenters. The number of aromatic nitrogens is 4. The van der Waals surface area contributed by atoms with E-state index in [1.165, 1.54) is 6.20 Å². The molecule has 17 heavy (non-hydrogen) atoms. The second-order valence-electron chi connectivity index (χ2n) is 3.16. The monoisotopic (exact) mass is 256 g/mol. The zero-order valence-corrected chi connectivity index (χ0v) is 9.11. The molecule has 0 aliphatic rings. The number of hydrogen-bond acceptors (Lipinski definition) is 4. The highest BCUT2D eigenvalue weighted by Gasteiger charge is 2.12. The van der Waals surface area contributed by atoms with Gasteiger partial charge in [0.2, 0.25) is 5.82 Å². The average Bonchev–Trinajstić information content (AvgIpc) is 2.33. The van der Waals surface area contributed by atoms with Crippen molar-refractivity contribution < 1.29 is 4.39 Å². The lowest BCUT2D eigenvalue weighted by atomic mass is 10.4. The van der Waals surface area contributed by atoms with E-state index in [-0.39, 0.29) is 6.54 Å². The maximum Gasteiger partial charge on any atom is 0.330 e. The van der Waals surface area contributed by atoms with Gasteiger partial charge in [-0.15, -0.1) is 0 Å². The van der Waals surface area contributed by atoms with Gasteiger partial charge in [0, 0.05) is 6.20 Å². The minimum absolute atomic E-state index is 0.171. The highest BCUT2D eigenvalue weighted by molar-refractivity contribution is 6.29. The van der Waals surface area contributed by atoms with E-state index < -0.39 is 22.2 Å². The zero-order valence-electron chi connectivity index (χ0n) is 8.35. The maximum absolute atomic E-state index is 13.2. The highest BCUT2D eigenvalue weighted by atomic mass is 35.5. The highest BCUT2D eigenvalue weighted by Crippen LogP contribution is 2.02. The fourth-order valence-corrected chi connectivity index (χ4v) is 1.41. The maximum atomic E-state index is 13.2. The van der Waals surface area contributed by atoms with Gasteiger partial charge >= 0.3 is 5.69 Å². The molecular formula is C9H6ClFN4O2. The summed E-state index contributed by atoms with van der Waals surface area (Å²) >= 11 is 5.32. The number of nitrogens with one attached hydrogen (secondary N) is 1. The van der Waals surface area contributed by atoms with Gasteiger partial charge in [0.1, 0.15) is 0 Å². The van der Waals surface area contributed by atoms with Crippen LogP contribution in [0.3, 0.4) is 0 Å². The number of hydrogen-bond donors (Lipinski definition) is 1. The van der Waals surface area contributed by atoms with Gasteiger partial charge in [0.25, 0.3) is 5.56 Å². The van der Waals surface area contributed by atoms with Crippen molar-refractivity contribution in [3.63, 3.8) is 0 Å². The third kappa shape index (κ3) is 2.23. The predicted octanol–water partition coefficient (Wildman–Crippen LogP) is 0.167. The van der Waals surface area contributed by atoms with E-state index in [1.54, 1.807) is 12.1 Å². The number of rotatable bonds is 2. The molecule has 2 aromatic rings. The van der Waals surface area contributed by atoms with Crippen LogP contribution in [0.5, 0.6) is 0 Å². The summed E-state index contributed by atoms with van der Waals surface area (Å²) in [5, 5.41) is 6.67. The Kier molecular flexibility index (Phi) is 3.01. The minimum atomic E-state index is -1.20. The summed E-state index contributed by atoms with van der Waals surface area (Å²) in [5.74, 6) is -1.20. The van der Waals surface area contributed by atoms with Crippen LogP contribution < -0.4 is 11.2 Å². The lowest BCUT2D eigenvalue weighted by Crippen LogP contribution is -2.37. The molecule has 0 spiro atoms. The summed E-state index contributed by atoms with van der Waals surface area (Å²) < 4.78 is 13.9. The van der Waals surface area contributed by atoms with Gasteiger partial charge in [-0.05, 0) is 12.1 Å². The lowest BCUT2D eigenvalue weighted by Gasteiger charge is -2.03. The fraction of sp³-hybridized carbons (Fsp3) is 0.111. The normalized spacial score (nSPS) is 10.5. The van der Waals surface area contributed by atoms with Crippen LogP contribution >= 0.6 is 11.6 Å². The van der Waals surface area contributed by atoms with Crippen molar-refractivity contribution in [2.24, 2.45) is 0 Å². The fourth-order valence-electron chi connectivity index (χ4n) is 1.24. The van der Waals surface area contributed by atoms with E-state index >= 15 is 0 Å². The zero-order chi connectivity index (χ0) is 12.4. The van der Waals surface area contributed by atoms with Crippen LogP contribution in [-0.2, 0) is 6.54 Å². The van der Waals surface area contributed by atoms with Crippen molar-refractivity contribution in [3.8, 4) is 0 Å².